The lowest BCUT2D eigenvalue weighted by atomic mass is 9.87. The van der Waals surface area contributed by atoms with Crippen LogP contribution in [0.15, 0.2) is 48.5 Å². The predicted octanol–water partition coefficient (Wildman–Crippen LogP) is 5.68. The summed E-state index contributed by atoms with van der Waals surface area (Å²) >= 11 is 0. The topological polar surface area (TPSA) is 6.48 Å². The van der Waals surface area contributed by atoms with Crippen LogP contribution in [0.25, 0.3) is 0 Å². The SMILES string of the molecule is CCCCCN1CCN(CCCC(c2ccc(F)cc2)c2ccc(F)cc2)CC1. The van der Waals surface area contributed by atoms with Crippen LogP contribution in [0, 0.1) is 11.6 Å². The molecule has 1 aliphatic rings. The maximum Gasteiger partial charge on any atom is 0.123 e. The molecule has 0 radical (unpaired) electrons. The fourth-order valence-electron chi connectivity index (χ4n) is 4.26. The number of rotatable bonds is 10. The van der Waals surface area contributed by atoms with E-state index in [9.17, 15) is 8.78 Å². The van der Waals surface area contributed by atoms with Gasteiger partial charge in [0, 0.05) is 32.1 Å². The Morgan fingerprint density at radius 2 is 1.14 bits per heavy atom. The number of hydrogen-bond donors (Lipinski definition) is 0. The molecule has 0 bridgehead atoms. The Labute approximate surface area is 174 Å². The third-order valence-electron chi connectivity index (χ3n) is 6.05. The van der Waals surface area contributed by atoms with Gasteiger partial charge in [-0.05, 0) is 67.7 Å². The van der Waals surface area contributed by atoms with Crippen molar-refractivity contribution in [3.8, 4) is 0 Å². The van der Waals surface area contributed by atoms with Crippen LogP contribution < -0.4 is 0 Å². The molecule has 0 aliphatic carbocycles. The van der Waals surface area contributed by atoms with Crippen LogP contribution in [0.3, 0.4) is 0 Å². The van der Waals surface area contributed by atoms with Gasteiger partial charge in [0.25, 0.3) is 0 Å². The summed E-state index contributed by atoms with van der Waals surface area (Å²) in [4.78, 5) is 5.15. The summed E-state index contributed by atoms with van der Waals surface area (Å²) in [7, 11) is 0. The van der Waals surface area contributed by atoms with E-state index >= 15 is 0 Å². The van der Waals surface area contributed by atoms with Gasteiger partial charge >= 0.3 is 0 Å². The number of hydrogen-bond acceptors (Lipinski definition) is 2. The smallest absolute Gasteiger partial charge is 0.123 e. The van der Waals surface area contributed by atoms with Gasteiger partial charge in [0.2, 0.25) is 0 Å². The van der Waals surface area contributed by atoms with Crippen LogP contribution >= 0.6 is 0 Å². The van der Waals surface area contributed by atoms with Gasteiger partial charge in [-0.25, -0.2) is 8.78 Å². The molecule has 1 fully saturated rings. The van der Waals surface area contributed by atoms with Crippen molar-refractivity contribution in [3.63, 3.8) is 0 Å². The van der Waals surface area contributed by atoms with E-state index in [0.29, 0.717) is 0 Å². The van der Waals surface area contributed by atoms with Gasteiger partial charge in [0.05, 0.1) is 0 Å². The lowest BCUT2D eigenvalue weighted by molar-refractivity contribution is 0.129. The lowest BCUT2D eigenvalue weighted by Gasteiger charge is -2.35. The first-order valence-corrected chi connectivity index (χ1v) is 11.1. The van der Waals surface area contributed by atoms with Crippen molar-refractivity contribution in [1.29, 1.82) is 0 Å². The van der Waals surface area contributed by atoms with E-state index in [-0.39, 0.29) is 17.6 Å². The van der Waals surface area contributed by atoms with Crippen LogP contribution in [0.5, 0.6) is 0 Å². The van der Waals surface area contributed by atoms with E-state index in [1.807, 2.05) is 24.3 Å². The average molecular weight is 401 g/mol. The first-order valence-electron chi connectivity index (χ1n) is 11.1. The minimum Gasteiger partial charge on any atom is -0.301 e. The summed E-state index contributed by atoms with van der Waals surface area (Å²) in [5.74, 6) is -0.265. The van der Waals surface area contributed by atoms with Crippen molar-refractivity contribution in [2.24, 2.45) is 0 Å². The van der Waals surface area contributed by atoms with Crippen LogP contribution in [0.2, 0.25) is 0 Å². The van der Waals surface area contributed by atoms with Gasteiger partial charge in [-0.15, -0.1) is 0 Å². The molecule has 3 rings (SSSR count). The van der Waals surface area contributed by atoms with Gasteiger partial charge in [-0.2, -0.15) is 0 Å². The molecule has 0 spiro atoms. The molecule has 158 valence electrons. The number of halogens is 2. The van der Waals surface area contributed by atoms with E-state index in [2.05, 4.69) is 16.7 Å². The Hall–Kier alpha value is -1.78. The van der Waals surface area contributed by atoms with Crippen LogP contribution in [0.4, 0.5) is 8.78 Å². The molecule has 2 aromatic rings. The molecule has 0 aromatic heterocycles. The van der Waals surface area contributed by atoms with Crippen molar-refractivity contribution in [3.05, 3.63) is 71.3 Å². The van der Waals surface area contributed by atoms with E-state index in [4.69, 9.17) is 0 Å². The molecule has 0 atom stereocenters. The quantitative estimate of drug-likeness (QED) is 0.473. The molecule has 4 heteroatoms. The second-order valence-electron chi connectivity index (χ2n) is 8.19. The van der Waals surface area contributed by atoms with E-state index in [0.717, 1.165) is 43.6 Å². The number of benzene rings is 2. The van der Waals surface area contributed by atoms with Crippen LogP contribution in [-0.2, 0) is 0 Å². The minimum atomic E-state index is -0.219. The first kappa shape index (κ1) is 21.9. The van der Waals surface area contributed by atoms with Crippen LogP contribution in [0.1, 0.15) is 56.1 Å². The molecule has 1 saturated heterocycles. The number of unbranched alkanes of at least 4 members (excludes halogenated alkanes) is 2. The Morgan fingerprint density at radius 1 is 0.690 bits per heavy atom. The summed E-state index contributed by atoms with van der Waals surface area (Å²) in [6.45, 7) is 9.20. The van der Waals surface area contributed by atoms with E-state index < -0.39 is 0 Å². The summed E-state index contributed by atoms with van der Waals surface area (Å²) in [6.07, 6.45) is 5.98. The van der Waals surface area contributed by atoms with Gasteiger partial charge in [-0.1, -0.05) is 44.0 Å². The molecule has 1 aliphatic heterocycles. The third kappa shape index (κ3) is 6.90. The zero-order valence-electron chi connectivity index (χ0n) is 17.6. The molecule has 1 heterocycles. The second kappa shape index (κ2) is 11.4. The van der Waals surface area contributed by atoms with Gasteiger partial charge in [-0.3, -0.25) is 0 Å². The monoisotopic (exact) mass is 400 g/mol. The van der Waals surface area contributed by atoms with Gasteiger partial charge in [0.15, 0.2) is 0 Å². The standard InChI is InChI=1S/C25H34F2N2/c1-2-3-4-15-28-17-19-29(20-18-28)16-5-6-25(21-7-11-23(26)12-8-21)22-9-13-24(27)14-10-22/h7-14,25H,2-6,15-20H2,1H3. The maximum absolute atomic E-state index is 13.4. The Bertz CT molecular complexity index is 661. The maximum atomic E-state index is 13.4. The third-order valence-corrected chi connectivity index (χ3v) is 6.05. The lowest BCUT2D eigenvalue weighted by Crippen LogP contribution is -2.46. The molecular weight excluding hydrogens is 366 g/mol. The zero-order valence-corrected chi connectivity index (χ0v) is 17.6. The highest BCUT2D eigenvalue weighted by molar-refractivity contribution is 5.32. The summed E-state index contributed by atoms with van der Waals surface area (Å²) in [6, 6.07) is 13.5. The molecule has 2 nitrogen and oxygen atoms in total. The van der Waals surface area contributed by atoms with Crippen molar-refractivity contribution in [2.75, 3.05) is 39.3 Å². The normalized spacial score (nSPS) is 15.9. The van der Waals surface area contributed by atoms with Crippen molar-refractivity contribution >= 4 is 0 Å². The summed E-state index contributed by atoms with van der Waals surface area (Å²) in [5, 5.41) is 0. The molecule has 0 saturated carbocycles. The number of piperazine rings is 1. The fraction of sp³-hybridized carbons (Fsp3) is 0.520. The Balaban J connectivity index is 1.51. The molecule has 0 unspecified atom stereocenters. The number of nitrogens with zero attached hydrogens (tertiary/aromatic N) is 2. The summed E-state index contributed by atoms with van der Waals surface area (Å²) in [5.41, 5.74) is 2.19. The minimum absolute atomic E-state index is 0.173. The molecule has 0 amide bonds. The Morgan fingerprint density at radius 3 is 1.59 bits per heavy atom. The summed E-state index contributed by atoms with van der Waals surface area (Å²) < 4.78 is 26.7. The van der Waals surface area contributed by atoms with E-state index in [1.54, 1.807) is 0 Å². The molecule has 29 heavy (non-hydrogen) atoms. The predicted molar refractivity (Wildman–Crippen MR) is 116 cm³/mol. The van der Waals surface area contributed by atoms with Crippen molar-refractivity contribution in [1.82, 2.24) is 9.80 Å². The largest absolute Gasteiger partial charge is 0.301 e. The average Bonchev–Trinajstić information content (AvgIpc) is 2.74. The van der Waals surface area contributed by atoms with Gasteiger partial charge < -0.3 is 9.80 Å². The van der Waals surface area contributed by atoms with Crippen molar-refractivity contribution < 1.29 is 8.78 Å². The molecular formula is C25H34F2N2. The highest BCUT2D eigenvalue weighted by Crippen LogP contribution is 2.30. The second-order valence-corrected chi connectivity index (χ2v) is 8.19. The van der Waals surface area contributed by atoms with E-state index in [1.165, 1.54) is 63.2 Å². The fourth-order valence-corrected chi connectivity index (χ4v) is 4.26. The zero-order chi connectivity index (χ0) is 20.5. The van der Waals surface area contributed by atoms with Crippen molar-refractivity contribution in [2.45, 2.75) is 44.9 Å². The van der Waals surface area contributed by atoms with Crippen LogP contribution in [-0.4, -0.2) is 49.1 Å². The Kier molecular flexibility index (Phi) is 8.63. The van der Waals surface area contributed by atoms with Gasteiger partial charge in [0.1, 0.15) is 11.6 Å². The highest BCUT2D eigenvalue weighted by Gasteiger charge is 2.18. The molecule has 0 N–H and O–H groups in total. The molecule has 2 aromatic carbocycles. The first-order chi connectivity index (χ1) is 14.2. The highest BCUT2D eigenvalue weighted by atomic mass is 19.1.